The fourth-order valence-electron chi connectivity index (χ4n) is 2.83. The second kappa shape index (κ2) is 7.71. The first kappa shape index (κ1) is 17.4. The zero-order valence-electron chi connectivity index (χ0n) is 14.9. The molecule has 7 nitrogen and oxygen atoms in total. The van der Waals surface area contributed by atoms with Crippen LogP contribution in [-0.2, 0) is 6.54 Å². The molecule has 2 N–H and O–H groups in total. The maximum atomic E-state index is 12.7. The van der Waals surface area contributed by atoms with Gasteiger partial charge >= 0.3 is 0 Å². The van der Waals surface area contributed by atoms with Gasteiger partial charge in [-0.15, -0.1) is 0 Å². The molecule has 0 fully saturated rings. The van der Waals surface area contributed by atoms with E-state index in [-0.39, 0.29) is 24.0 Å². The van der Waals surface area contributed by atoms with Crippen molar-refractivity contribution in [2.75, 3.05) is 5.32 Å². The summed E-state index contributed by atoms with van der Waals surface area (Å²) in [6.07, 6.45) is 3.37. The SMILES string of the molecule is O=C(NCc1ccccn1)c1nc(C(=O)Nc2ccccc2)n2ccccc12. The van der Waals surface area contributed by atoms with Crippen molar-refractivity contribution in [3.63, 3.8) is 0 Å². The van der Waals surface area contributed by atoms with Gasteiger partial charge in [-0.2, -0.15) is 0 Å². The van der Waals surface area contributed by atoms with Gasteiger partial charge < -0.3 is 10.6 Å². The lowest BCUT2D eigenvalue weighted by atomic mass is 10.3. The maximum Gasteiger partial charge on any atom is 0.292 e. The molecule has 3 aromatic heterocycles. The van der Waals surface area contributed by atoms with Crippen molar-refractivity contribution < 1.29 is 9.59 Å². The summed E-state index contributed by atoms with van der Waals surface area (Å²) >= 11 is 0. The number of aromatic nitrogens is 3. The van der Waals surface area contributed by atoms with Crippen LogP contribution >= 0.6 is 0 Å². The van der Waals surface area contributed by atoms with Crippen LogP contribution in [0, 0.1) is 0 Å². The van der Waals surface area contributed by atoms with Crippen molar-refractivity contribution in [2.24, 2.45) is 0 Å². The smallest absolute Gasteiger partial charge is 0.292 e. The Morgan fingerprint density at radius 3 is 2.46 bits per heavy atom. The van der Waals surface area contributed by atoms with Crippen LogP contribution < -0.4 is 10.6 Å². The zero-order valence-corrected chi connectivity index (χ0v) is 14.9. The molecule has 0 unspecified atom stereocenters. The van der Waals surface area contributed by atoms with Crippen LogP contribution in [0.3, 0.4) is 0 Å². The fraction of sp³-hybridized carbons (Fsp3) is 0.0476. The molecule has 0 radical (unpaired) electrons. The maximum absolute atomic E-state index is 12.7. The van der Waals surface area contributed by atoms with Crippen molar-refractivity contribution in [2.45, 2.75) is 6.54 Å². The van der Waals surface area contributed by atoms with Crippen molar-refractivity contribution in [3.8, 4) is 0 Å². The number of carbonyl (C=O) groups excluding carboxylic acids is 2. The molecule has 0 atom stereocenters. The first-order valence-electron chi connectivity index (χ1n) is 8.74. The molecule has 1 aromatic carbocycles. The van der Waals surface area contributed by atoms with Gasteiger partial charge in [-0.25, -0.2) is 4.98 Å². The molecule has 0 aliphatic heterocycles. The number of imidazole rings is 1. The second-order valence-electron chi connectivity index (χ2n) is 6.06. The van der Waals surface area contributed by atoms with Gasteiger partial charge in [0, 0.05) is 18.1 Å². The molecule has 0 aliphatic rings. The Hall–Kier alpha value is -4.00. The van der Waals surface area contributed by atoms with Crippen LogP contribution in [0.1, 0.15) is 26.8 Å². The number of para-hydroxylation sites is 1. The fourth-order valence-corrected chi connectivity index (χ4v) is 2.83. The largest absolute Gasteiger partial charge is 0.345 e. The van der Waals surface area contributed by atoms with Crippen molar-refractivity contribution >= 4 is 23.0 Å². The van der Waals surface area contributed by atoms with Gasteiger partial charge in [-0.05, 0) is 36.4 Å². The number of rotatable bonds is 5. The van der Waals surface area contributed by atoms with Gasteiger partial charge in [0.05, 0.1) is 17.8 Å². The number of benzene rings is 1. The Balaban J connectivity index is 1.61. The van der Waals surface area contributed by atoms with Gasteiger partial charge in [0.1, 0.15) is 0 Å². The van der Waals surface area contributed by atoms with Gasteiger partial charge in [0.2, 0.25) is 5.82 Å². The van der Waals surface area contributed by atoms with E-state index in [0.29, 0.717) is 11.2 Å². The van der Waals surface area contributed by atoms with E-state index in [4.69, 9.17) is 0 Å². The van der Waals surface area contributed by atoms with E-state index >= 15 is 0 Å². The third kappa shape index (κ3) is 3.59. The number of hydrogen-bond acceptors (Lipinski definition) is 4. The number of nitrogens with zero attached hydrogens (tertiary/aromatic N) is 3. The highest BCUT2D eigenvalue weighted by atomic mass is 16.2. The molecule has 0 saturated carbocycles. The number of nitrogens with one attached hydrogen (secondary N) is 2. The van der Waals surface area contributed by atoms with Crippen LogP contribution in [0.5, 0.6) is 0 Å². The third-order valence-electron chi connectivity index (χ3n) is 4.15. The Morgan fingerprint density at radius 1 is 0.893 bits per heavy atom. The number of amides is 2. The highest BCUT2D eigenvalue weighted by Crippen LogP contribution is 2.15. The predicted molar refractivity (Wildman–Crippen MR) is 105 cm³/mol. The minimum Gasteiger partial charge on any atom is -0.345 e. The van der Waals surface area contributed by atoms with Crippen LogP contribution in [0.25, 0.3) is 5.52 Å². The first-order valence-corrected chi connectivity index (χ1v) is 8.74. The van der Waals surface area contributed by atoms with Crippen LogP contribution in [0.15, 0.2) is 79.1 Å². The van der Waals surface area contributed by atoms with E-state index in [9.17, 15) is 9.59 Å². The first-order chi connectivity index (χ1) is 13.7. The molecule has 2 amide bonds. The van der Waals surface area contributed by atoms with Gasteiger partial charge in [-0.3, -0.25) is 19.0 Å². The topological polar surface area (TPSA) is 88.4 Å². The second-order valence-corrected chi connectivity index (χ2v) is 6.06. The summed E-state index contributed by atoms with van der Waals surface area (Å²) in [6.45, 7) is 0.275. The average Bonchev–Trinajstić information content (AvgIpc) is 3.13. The van der Waals surface area contributed by atoms with E-state index < -0.39 is 5.91 Å². The summed E-state index contributed by atoms with van der Waals surface area (Å²) in [4.78, 5) is 33.9. The molecular weight excluding hydrogens is 354 g/mol. The number of fused-ring (bicyclic) bond motifs is 1. The number of carbonyl (C=O) groups is 2. The standard InChI is InChI=1S/C21H17N5O2/c27-20(23-14-16-10-4-6-12-22-16)18-17-11-5-7-13-26(17)19(25-18)21(28)24-15-8-2-1-3-9-15/h1-13H,14H2,(H,23,27)(H,24,28). The van der Waals surface area contributed by atoms with E-state index in [2.05, 4.69) is 20.6 Å². The summed E-state index contributed by atoms with van der Waals surface area (Å²) in [5.41, 5.74) is 2.14. The molecule has 4 rings (SSSR count). The third-order valence-corrected chi connectivity index (χ3v) is 4.15. The molecule has 3 heterocycles. The lowest BCUT2D eigenvalue weighted by Gasteiger charge is -2.03. The normalized spacial score (nSPS) is 10.6. The van der Waals surface area contributed by atoms with Gasteiger partial charge in [-0.1, -0.05) is 30.3 Å². The molecule has 7 heteroatoms. The monoisotopic (exact) mass is 371 g/mol. The number of pyridine rings is 2. The van der Waals surface area contributed by atoms with Crippen molar-refractivity contribution in [1.29, 1.82) is 0 Å². The van der Waals surface area contributed by atoms with E-state index in [0.717, 1.165) is 5.69 Å². The Labute approximate surface area is 161 Å². The lowest BCUT2D eigenvalue weighted by molar-refractivity contribution is 0.0947. The van der Waals surface area contributed by atoms with Crippen molar-refractivity contribution in [3.05, 3.63) is 96.3 Å². The number of hydrogen-bond donors (Lipinski definition) is 2. The molecule has 138 valence electrons. The average molecular weight is 371 g/mol. The van der Waals surface area contributed by atoms with E-state index in [1.807, 2.05) is 36.4 Å². The molecule has 0 aliphatic carbocycles. The zero-order chi connectivity index (χ0) is 19.3. The molecule has 0 saturated heterocycles. The highest BCUT2D eigenvalue weighted by molar-refractivity contribution is 6.06. The Kier molecular flexibility index (Phi) is 4.79. The van der Waals surface area contributed by atoms with Crippen molar-refractivity contribution in [1.82, 2.24) is 19.7 Å². The summed E-state index contributed by atoms with van der Waals surface area (Å²) < 4.78 is 1.61. The van der Waals surface area contributed by atoms with Crippen LogP contribution in [-0.4, -0.2) is 26.2 Å². The lowest BCUT2D eigenvalue weighted by Crippen LogP contribution is -2.24. The van der Waals surface area contributed by atoms with Crippen LogP contribution in [0.2, 0.25) is 0 Å². The molecule has 0 bridgehead atoms. The van der Waals surface area contributed by atoms with E-state index in [1.54, 1.807) is 47.1 Å². The summed E-state index contributed by atoms with van der Waals surface area (Å²) in [6, 6.07) is 19.9. The quantitative estimate of drug-likeness (QED) is 0.565. The molecule has 28 heavy (non-hydrogen) atoms. The van der Waals surface area contributed by atoms with E-state index in [1.165, 1.54) is 0 Å². The summed E-state index contributed by atoms with van der Waals surface area (Å²) in [5.74, 6) is -0.619. The van der Waals surface area contributed by atoms with Crippen LogP contribution in [0.4, 0.5) is 5.69 Å². The Bertz CT molecular complexity index is 1120. The van der Waals surface area contributed by atoms with Gasteiger partial charge in [0.15, 0.2) is 5.69 Å². The molecule has 4 aromatic rings. The Morgan fingerprint density at radius 2 is 1.68 bits per heavy atom. The molecular formula is C21H17N5O2. The molecule has 0 spiro atoms. The summed E-state index contributed by atoms with van der Waals surface area (Å²) in [5, 5.41) is 5.60. The highest BCUT2D eigenvalue weighted by Gasteiger charge is 2.21. The van der Waals surface area contributed by atoms with Gasteiger partial charge in [0.25, 0.3) is 11.8 Å². The minimum absolute atomic E-state index is 0.141. The summed E-state index contributed by atoms with van der Waals surface area (Å²) in [7, 11) is 0. The number of anilines is 1. The predicted octanol–water partition coefficient (Wildman–Crippen LogP) is 2.91. The minimum atomic E-state index is -0.392.